The quantitative estimate of drug-likeness (QED) is 0.853. The molecule has 3 N–H and O–H groups in total. The first kappa shape index (κ1) is 14.8. The van der Waals surface area contributed by atoms with E-state index >= 15 is 0 Å². The molecule has 0 aliphatic carbocycles. The van der Waals surface area contributed by atoms with Crippen LogP contribution in [0.1, 0.15) is 15.9 Å². The number of amides is 1. The molecule has 0 bridgehead atoms. The van der Waals surface area contributed by atoms with E-state index in [1.165, 1.54) is 0 Å². The van der Waals surface area contributed by atoms with Crippen molar-refractivity contribution in [2.45, 2.75) is 6.54 Å². The molecule has 110 valence electrons. The van der Waals surface area contributed by atoms with Gasteiger partial charge in [0.25, 0.3) is 5.91 Å². The summed E-state index contributed by atoms with van der Waals surface area (Å²) in [6.07, 6.45) is 0. The van der Waals surface area contributed by atoms with Crippen LogP contribution >= 0.6 is 0 Å². The molecule has 0 atom stereocenters. The molecule has 0 aromatic heterocycles. The van der Waals surface area contributed by atoms with Gasteiger partial charge in [0.1, 0.15) is 23.3 Å². The fourth-order valence-electron chi connectivity index (χ4n) is 1.74. The number of rotatable bonds is 4. The molecule has 0 heterocycles. The van der Waals surface area contributed by atoms with Crippen LogP contribution in [-0.4, -0.2) is 5.91 Å². The maximum atomic E-state index is 13.6. The van der Waals surface area contributed by atoms with Crippen molar-refractivity contribution in [2.24, 2.45) is 5.73 Å². The minimum atomic E-state index is -1.09. The average molecular weight is 298 g/mol. The summed E-state index contributed by atoms with van der Waals surface area (Å²) < 4.78 is 53.2. The Labute approximate surface area is 117 Å². The van der Waals surface area contributed by atoms with Crippen molar-refractivity contribution in [3.8, 4) is 0 Å². The number of primary amides is 1. The molecule has 7 heteroatoms. The van der Waals surface area contributed by atoms with E-state index in [1.807, 2.05) is 0 Å². The number of carbonyl (C=O) groups is 1. The minimum Gasteiger partial charge on any atom is -0.378 e. The molecule has 2 aromatic rings. The Kier molecular flexibility index (Phi) is 4.11. The Hall–Kier alpha value is -2.57. The van der Waals surface area contributed by atoms with Gasteiger partial charge in [0.05, 0.1) is 11.3 Å². The van der Waals surface area contributed by atoms with Crippen molar-refractivity contribution in [3.05, 3.63) is 64.7 Å². The molecular formula is C14H10F4N2O. The molecule has 0 spiro atoms. The largest absolute Gasteiger partial charge is 0.378 e. The monoisotopic (exact) mass is 298 g/mol. The van der Waals surface area contributed by atoms with E-state index in [-0.39, 0.29) is 17.8 Å². The van der Waals surface area contributed by atoms with Gasteiger partial charge < -0.3 is 11.1 Å². The Balaban J connectivity index is 2.25. The lowest BCUT2D eigenvalue weighted by molar-refractivity contribution is 0.0996. The van der Waals surface area contributed by atoms with Crippen molar-refractivity contribution in [2.75, 3.05) is 5.32 Å². The summed E-state index contributed by atoms with van der Waals surface area (Å²) in [7, 11) is 0. The second-order valence-electron chi connectivity index (χ2n) is 4.27. The van der Waals surface area contributed by atoms with Crippen LogP contribution < -0.4 is 11.1 Å². The number of hydrogen-bond donors (Lipinski definition) is 2. The number of halogens is 4. The van der Waals surface area contributed by atoms with Gasteiger partial charge >= 0.3 is 0 Å². The Morgan fingerprint density at radius 2 is 1.71 bits per heavy atom. The Morgan fingerprint density at radius 1 is 1.00 bits per heavy atom. The van der Waals surface area contributed by atoms with E-state index in [0.717, 1.165) is 24.3 Å². The van der Waals surface area contributed by atoms with Gasteiger partial charge in [-0.1, -0.05) is 0 Å². The van der Waals surface area contributed by atoms with Crippen LogP contribution in [0.2, 0.25) is 0 Å². The number of nitrogens with two attached hydrogens (primary N) is 1. The van der Waals surface area contributed by atoms with Crippen molar-refractivity contribution in [1.29, 1.82) is 0 Å². The predicted octanol–water partition coefficient (Wildman–Crippen LogP) is 2.95. The first-order valence-corrected chi connectivity index (χ1v) is 5.85. The molecule has 0 radical (unpaired) electrons. The standard InChI is InChI=1S/C14H10F4N2O/c15-8-1-2-10(16)7(3-8)6-20-13-4-9(14(19)21)11(17)5-12(13)18/h1-5,20H,6H2,(H2,19,21). The number of nitrogens with one attached hydrogen (secondary N) is 1. The maximum absolute atomic E-state index is 13.6. The molecule has 3 nitrogen and oxygen atoms in total. The predicted molar refractivity (Wildman–Crippen MR) is 68.6 cm³/mol. The van der Waals surface area contributed by atoms with Crippen LogP contribution in [0.15, 0.2) is 30.3 Å². The van der Waals surface area contributed by atoms with E-state index in [1.54, 1.807) is 0 Å². The fraction of sp³-hybridized carbons (Fsp3) is 0.0714. The zero-order valence-electron chi connectivity index (χ0n) is 10.6. The van der Waals surface area contributed by atoms with Crippen LogP contribution in [0, 0.1) is 23.3 Å². The molecule has 0 fully saturated rings. The lowest BCUT2D eigenvalue weighted by Gasteiger charge is -2.10. The summed E-state index contributed by atoms with van der Waals surface area (Å²) >= 11 is 0. The molecule has 1 amide bonds. The highest BCUT2D eigenvalue weighted by atomic mass is 19.1. The van der Waals surface area contributed by atoms with E-state index in [0.29, 0.717) is 6.07 Å². The molecule has 21 heavy (non-hydrogen) atoms. The van der Waals surface area contributed by atoms with Gasteiger partial charge in [-0.2, -0.15) is 0 Å². The average Bonchev–Trinajstić information content (AvgIpc) is 2.41. The van der Waals surface area contributed by atoms with Crippen molar-refractivity contribution in [1.82, 2.24) is 0 Å². The van der Waals surface area contributed by atoms with E-state index < -0.39 is 34.7 Å². The van der Waals surface area contributed by atoms with Crippen LogP contribution in [-0.2, 0) is 6.54 Å². The summed E-state index contributed by atoms with van der Waals surface area (Å²) in [5, 5.41) is 2.46. The molecule has 2 rings (SSSR count). The summed E-state index contributed by atoms with van der Waals surface area (Å²) in [5.74, 6) is -4.46. The molecule has 0 saturated carbocycles. The van der Waals surface area contributed by atoms with Crippen LogP contribution in [0.4, 0.5) is 23.2 Å². The third-order valence-electron chi connectivity index (χ3n) is 2.80. The minimum absolute atomic E-state index is 0.0423. The molecular weight excluding hydrogens is 288 g/mol. The third-order valence-corrected chi connectivity index (χ3v) is 2.80. The van der Waals surface area contributed by atoms with E-state index in [2.05, 4.69) is 5.32 Å². The van der Waals surface area contributed by atoms with Crippen LogP contribution in [0.3, 0.4) is 0 Å². The zero-order chi connectivity index (χ0) is 15.6. The normalized spacial score (nSPS) is 10.5. The van der Waals surface area contributed by atoms with Gasteiger partial charge in [-0.05, 0) is 24.3 Å². The Morgan fingerprint density at radius 3 is 2.38 bits per heavy atom. The zero-order valence-corrected chi connectivity index (χ0v) is 10.6. The van der Waals surface area contributed by atoms with Crippen molar-refractivity contribution < 1.29 is 22.4 Å². The van der Waals surface area contributed by atoms with Crippen molar-refractivity contribution in [3.63, 3.8) is 0 Å². The highest BCUT2D eigenvalue weighted by molar-refractivity contribution is 5.94. The summed E-state index contributed by atoms with van der Waals surface area (Å²) in [6.45, 7) is -0.246. The molecule has 0 aliphatic heterocycles. The van der Waals surface area contributed by atoms with Gasteiger partial charge in [0, 0.05) is 18.2 Å². The fourth-order valence-corrected chi connectivity index (χ4v) is 1.74. The second-order valence-corrected chi connectivity index (χ2v) is 4.27. The molecule has 0 unspecified atom stereocenters. The molecule has 2 aromatic carbocycles. The van der Waals surface area contributed by atoms with E-state index in [9.17, 15) is 22.4 Å². The summed E-state index contributed by atoms with van der Waals surface area (Å²) in [5.41, 5.74) is 4.16. The topological polar surface area (TPSA) is 55.1 Å². The van der Waals surface area contributed by atoms with Gasteiger partial charge in [-0.15, -0.1) is 0 Å². The van der Waals surface area contributed by atoms with Gasteiger partial charge in [0.2, 0.25) is 0 Å². The lowest BCUT2D eigenvalue weighted by atomic mass is 10.1. The number of carbonyl (C=O) groups excluding carboxylic acids is 1. The van der Waals surface area contributed by atoms with Crippen LogP contribution in [0.25, 0.3) is 0 Å². The number of anilines is 1. The molecule has 0 saturated heterocycles. The third kappa shape index (κ3) is 3.31. The smallest absolute Gasteiger partial charge is 0.251 e. The molecule has 0 aliphatic rings. The van der Waals surface area contributed by atoms with Crippen molar-refractivity contribution >= 4 is 11.6 Å². The first-order valence-electron chi connectivity index (χ1n) is 5.85. The number of benzene rings is 2. The van der Waals surface area contributed by atoms with Crippen LogP contribution in [0.5, 0.6) is 0 Å². The SMILES string of the molecule is NC(=O)c1cc(NCc2cc(F)ccc2F)c(F)cc1F. The summed E-state index contributed by atoms with van der Waals surface area (Å²) in [4.78, 5) is 11.0. The van der Waals surface area contributed by atoms with Gasteiger partial charge in [-0.3, -0.25) is 4.79 Å². The first-order chi connectivity index (χ1) is 9.88. The Bertz CT molecular complexity index is 704. The van der Waals surface area contributed by atoms with Gasteiger partial charge in [0.15, 0.2) is 0 Å². The highest BCUT2D eigenvalue weighted by Crippen LogP contribution is 2.21. The number of hydrogen-bond acceptors (Lipinski definition) is 2. The van der Waals surface area contributed by atoms with Gasteiger partial charge in [-0.25, -0.2) is 17.6 Å². The highest BCUT2D eigenvalue weighted by Gasteiger charge is 2.14. The van der Waals surface area contributed by atoms with E-state index in [4.69, 9.17) is 5.73 Å². The summed E-state index contributed by atoms with van der Waals surface area (Å²) in [6, 6.07) is 4.19. The lowest BCUT2D eigenvalue weighted by Crippen LogP contribution is -2.14. The second kappa shape index (κ2) is 5.82. The maximum Gasteiger partial charge on any atom is 0.251 e.